The first kappa shape index (κ1) is 28.7. The average Bonchev–Trinajstić information content (AvgIpc) is 2.99. The highest BCUT2D eigenvalue weighted by Gasteiger charge is 2.25. The van der Waals surface area contributed by atoms with Crippen molar-refractivity contribution < 1.29 is 19.5 Å². The Morgan fingerprint density at radius 1 is 1.24 bits per heavy atom. The number of rotatable bonds is 10. The van der Waals surface area contributed by atoms with Gasteiger partial charge in [0, 0.05) is 29.2 Å². The average molecular weight is 492 g/mol. The number of oxime groups is 1. The molecule has 0 fully saturated rings. The number of ether oxygens (including phenoxy) is 1. The van der Waals surface area contributed by atoms with Gasteiger partial charge in [0.1, 0.15) is 5.75 Å². The third-order valence-electron chi connectivity index (χ3n) is 4.86. The highest BCUT2D eigenvalue weighted by molar-refractivity contribution is 7.99. The minimum atomic E-state index is -0.691. The van der Waals surface area contributed by atoms with Gasteiger partial charge < -0.3 is 9.94 Å². The maximum Gasteiger partial charge on any atom is 0.361 e. The molecule has 1 aromatic carbocycles. The van der Waals surface area contributed by atoms with Crippen molar-refractivity contribution in [2.75, 3.05) is 5.75 Å². The lowest BCUT2D eigenvalue weighted by atomic mass is 10.0. The van der Waals surface area contributed by atoms with Crippen LogP contribution in [0, 0.1) is 0 Å². The van der Waals surface area contributed by atoms with E-state index in [4.69, 9.17) is 16.3 Å². The number of hydrogen-bond acceptors (Lipinski definition) is 6. The van der Waals surface area contributed by atoms with E-state index in [9.17, 15) is 14.8 Å². The van der Waals surface area contributed by atoms with E-state index in [-0.39, 0.29) is 17.9 Å². The second-order valence-electron chi connectivity index (χ2n) is 7.15. The van der Waals surface area contributed by atoms with Crippen LogP contribution in [0.3, 0.4) is 0 Å². The third-order valence-corrected chi connectivity index (χ3v) is 6.40. The molecule has 0 radical (unpaired) electrons. The summed E-state index contributed by atoms with van der Waals surface area (Å²) in [4.78, 5) is 25.9. The molecule has 0 saturated carbocycles. The Balaban J connectivity index is 0.00000265. The molecule has 1 N–H and O–H groups in total. The van der Waals surface area contributed by atoms with Gasteiger partial charge in [-0.15, -0.1) is 11.8 Å². The van der Waals surface area contributed by atoms with Crippen molar-refractivity contribution in [1.82, 2.24) is 0 Å². The van der Waals surface area contributed by atoms with Gasteiger partial charge in [0.15, 0.2) is 11.5 Å². The van der Waals surface area contributed by atoms with Gasteiger partial charge in [-0.2, -0.15) is 0 Å². The lowest BCUT2D eigenvalue weighted by Gasteiger charge is -2.13. The van der Waals surface area contributed by atoms with Gasteiger partial charge in [-0.05, 0) is 24.1 Å². The lowest BCUT2D eigenvalue weighted by Crippen LogP contribution is -2.21. The van der Waals surface area contributed by atoms with Crippen LogP contribution in [-0.4, -0.2) is 28.4 Å². The van der Waals surface area contributed by atoms with Crippen LogP contribution >= 0.6 is 23.4 Å². The van der Waals surface area contributed by atoms with Crippen LogP contribution in [0.2, 0.25) is 5.02 Å². The molecule has 33 heavy (non-hydrogen) atoms. The van der Waals surface area contributed by atoms with Crippen molar-refractivity contribution in [1.29, 1.82) is 0 Å². The van der Waals surface area contributed by atoms with Gasteiger partial charge in [0.05, 0.1) is 4.90 Å². The van der Waals surface area contributed by atoms with Crippen molar-refractivity contribution in [3.05, 3.63) is 59.2 Å². The Morgan fingerprint density at radius 3 is 2.64 bits per heavy atom. The van der Waals surface area contributed by atoms with Crippen LogP contribution in [0.1, 0.15) is 64.9 Å². The molecule has 0 aromatic heterocycles. The predicted molar refractivity (Wildman–Crippen MR) is 138 cm³/mol. The van der Waals surface area contributed by atoms with E-state index >= 15 is 0 Å². The van der Waals surface area contributed by atoms with Crippen LogP contribution in [-0.2, 0) is 16.0 Å². The number of fused-ring (bicyclic) bond motifs is 1. The number of hydrogen-bond donors (Lipinski definition) is 1. The molecule has 0 atom stereocenters. The summed E-state index contributed by atoms with van der Waals surface area (Å²) < 4.78 is 5.56. The van der Waals surface area contributed by atoms with Gasteiger partial charge >= 0.3 is 5.97 Å². The van der Waals surface area contributed by atoms with Crippen LogP contribution in [0.5, 0.6) is 5.75 Å². The van der Waals surface area contributed by atoms with E-state index in [0.717, 1.165) is 32.1 Å². The molecule has 1 aliphatic heterocycles. The summed E-state index contributed by atoms with van der Waals surface area (Å²) in [6, 6.07) is 3.22. The first-order valence-electron chi connectivity index (χ1n) is 11.4. The summed E-state index contributed by atoms with van der Waals surface area (Å²) in [5.74, 6) is 0.0203. The summed E-state index contributed by atoms with van der Waals surface area (Å²) in [7, 11) is 0. The Morgan fingerprint density at radius 2 is 1.97 bits per heavy atom. The topological polar surface area (TPSA) is 76.0 Å². The van der Waals surface area contributed by atoms with E-state index in [1.165, 1.54) is 11.8 Å². The number of esters is 1. The summed E-state index contributed by atoms with van der Waals surface area (Å²) >= 11 is 7.74. The number of unbranched alkanes of at least 4 members (excludes halogenated alkanes) is 4. The zero-order valence-electron chi connectivity index (χ0n) is 19.7. The zero-order chi connectivity index (χ0) is 24.6. The van der Waals surface area contributed by atoms with Crippen LogP contribution in [0.4, 0.5) is 0 Å². The number of carbonyl (C=O) groups excluding carboxylic acids is 2. The molecule has 0 aliphatic carbocycles. The molecule has 0 saturated heterocycles. The van der Waals surface area contributed by atoms with Gasteiger partial charge in [-0.3, -0.25) is 4.79 Å². The molecular weight excluding hydrogens is 458 g/mol. The fourth-order valence-electron chi connectivity index (χ4n) is 3.13. The Labute approximate surface area is 206 Å². The van der Waals surface area contributed by atoms with Crippen molar-refractivity contribution in [3.63, 3.8) is 0 Å². The van der Waals surface area contributed by atoms with Crippen molar-refractivity contribution in [2.24, 2.45) is 5.16 Å². The zero-order valence-corrected chi connectivity index (χ0v) is 21.3. The Kier molecular flexibility index (Phi) is 14.2. The number of allylic oxidation sites excluding steroid dienone is 4. The second kappa shape index (κ2) is 16.3. The SMILES string of the molecule is C=C/C=C\C=C1/CSc2c(OC(=O)/C(CCCCCCC)=N\O)ccc(Cl)c2CC1=O.CC. The summed E-state index contributed by atoms with van der Waals surface area (Å²) in [6.45, 7) is 9.75. The number of halogens is 1. The maximum absolute atomic E-state index is 12.6. The normalized spacial score (nSPS) is 15.0. The van der Waals surface area contributed by atoms with Gasteiger partial charge in [-0.25, -0.2) is 4.79 Å². The number of thioether (sulfide) groups is 1. The smallest absolute Gasteiger partial charge is 0.361 e. The molecule has 0 amide bonds. The molecule has 1 heterocycles. The molecule has 1 aliphatic rings. The van der Waals surface area contributed by atoms with Gasteiger partial charge in [0.2, 0.25) is 0 Å². The molecule has 180 valence electrons. The highest BCUT2D eigenvalue weighted by Crippen LogP contribution is 2.40. The second-order valence-corrected chi connectivity index (χ2v) is 8.55. The summed E-state index contributed by atoms with van der Waals surface area (Å²) in [6.07, 6.45) is 12.5. The number of nitrogens with zero attached hydrogens (tertiary/aromatic N) is 1. The summed E-state index contributed by atoms with van der Waals surface area (Å²) in [5, 5.41) is 12.9. The van der Waals surface area contributed by atoms with E-state index in [0.29, 0.717) is 39.0 Å². The van der Waals surface area contributed by atoms with Crippen LogP contribution in [0.25, 0.3) is 0 Å². The maximum atomic E-state index is 12.6. The predicted octanol–water partition coefficient (Wildman–Crippen LogP) is 7.35. The minimum Gasteiger partial charge on any atom is -0.421 e. The fourth-order valence-corrected chi connectivity index (χ4v) is 4.57. The van der Waals surface area contributed by atoms with Crippen molar-refractivity contribution >= 4 is 40.8 Å². The minimum absolute atomic E-state index is 0.00922. The number of ketones is 1. The largest absolute Gasteiger partial charge is 0.421 e. The summed E-state index contributed by atoms with van der Waals surface area (Å²) in [5.41, 5.74) is 1.28. The molecular formula is C26H34ClNO4S. The monoisotopic (exact) mass is 491 g/mol. The highest BCUT2D eigenvalue weighted by atomic mass is 35.5. The van der Waals surface area contributed by atoms with E-state index in [2.05, 4.69) is 18.7 Å². The molecule has 5 nitrogen and oxygen atoms in total. The third kappa shape index (κ3) is 9.22. The quantitative estimate of drug-likeness (QED) is 0.0541. The first-order valence-corrected chi connectivity index (χ1v) is 12.8. The number of carbonyl (C=O) groups is 2. The van der Waals surface area contributed by atoms with Crippen LogP contribution in [0.15, 0.2) is 58.6 Å². The van der Waals surface area contributed by atoms with Crippen molar-refractivity contribution in [3.8, 4) is 5.75 Å². The van der Waals surface area contributed by atoms with E-state index in [1.54, 1.807) is 36.4 Å². The molecule has 0 unspecified atom stereocenters. The standard InChI is InChI=1S/C24H28ClNO4S.C2H6/c1-3-5-7-8-10-12-20(26-29)24(28)30-22-14-13-19(25)18-15-21(27)17(11-9-6-4-2)16-31-23(18)22;1-2/h4,6,9,11,13-14,29H,2-3,5,7-8,10,12,15-16H2,1H3;1-2H3/b9-6-,17-11+,26-20-;. The Hall–Kier alpha value is -2.31. The number of benzene rings is 1. The number of Topliss-reactive ketones (excluding diaryl/α,β-unsaturated/α-hetero) is 1. The van der Waals surface area contributed by atoms with Gasteiger partial charge in [-0.1, -0.05) is 94.1 Å². The van der Waals surface area contributed by atoms with Crippen molar-refractivity contribution in [2.45, 2.75) is 70.6 Å². The van der Waals surface area contributed by atoms with E-state index in [1.807, 2.05) is 13.8 Å². The molecule has 0 bridgehead atoms. The van der Waals surface area contributed by atoms with Crippen LogP contribution < -0.4 is 4.74 Å². The fraction of sp³-hybridized carbons (Fsp3) is 0.423. The molecule has 7 heteroatoms. The van der Waals surface area contributed by atoms with E-state index < -0.39 is 5.97 Å². The lowest BCUT2D eigenvalue weighted by molar-refractivity contribution is -0.127. The van der Waals surface area contributed by atoms with Gasteiger partial charge in [0.25, 0.3) is 0 Å². The Bertz CT molecular complexity index is 906. The molecule has 0 spiro atoms. The molecule has 2 rings (SSSR count). The molecule has 1 aromatic rings. The first-order chi connectivity index (χ1) is 16.0.